The lowest BCUT2D eigenvalue weighted by Crippen LogP contribution is -2.26. The second kappa shape index (κ2) is 26.1. The maximum Gasteiger partial charge on any atom is 0.193 e. The van der Waals surface area contributed by atoms with Crippen LogP contribution in [0.3, 0.4) is 0 Å². The average Bonchev–Trinajstić information content (AvgIpc) is 3.05. The fraction of sp³-hybridized carbons (Fsp3) is 0.784. The largest absolute Gasteiger partial charge is 0.501 e. The molecule has 3 aliphatic rings. The van der Waals surface area contributed by atoms with Crippen molar-refractivity contribution in [3.8, 4) is 0 Å². The van der Waals surface area contributed by atoms with E-state index in [-0.39, 0.29) is 12.1 Å². The number of allylic oxidation sites excluding steroid dienone is 4. The van der Waals surface area contributed by atoms with Crippen LogP contribution in [-0.4, -0.2) is 13.2 Å². The zero-order valence-electron chi connectivity index (χ0n) is 27.9. The van der Waals surface area contributed by atoms with Gasteiger partial charge < -0.3 is 9.47 Å². The van der Waals surface area contributed by atoms with E-state index >= 15 is 0 Å². The summed E-state index contributed by atoms with van der Waals surface area (Å²) >= 11 is 0. The van der Waals surface area contributed by atoms with Crippen molar-refractivity contribution < 1.29 is 18.3 Å². The van der Waals surface area contributed by atoms with E-state index in [1.807, 2.05) is 27.7 Å². The average molecular weight is 581 g/mol. The highest BCUT2D eigenvalue weighted by molar-refractivity contribution is 5.22. The third-order valence-corrected chi connectivity index (χ3v) is 8.90. The Hall–Kier alpha value is -1.58. The number of unbranched alkanes of at least 4 members (excludes halogenated alkanes) is 1. The van der Waals surface area contributed by atoms with E-state index in [2.05, 4.69) is 33.4 Å². The third kappa shape index (κ3) is 17.2. The third-order valence-electron chi connectivity index (χ3n) is 8.90. The monoisotopic (exact) mass is 581 g/mol. The first-order valence-electron chi connectivity index (χ1n) is 17.2. The van der Waals surface area contributed by atoms with Crippen molar-refractivity contribution in [3.63, 3.8) is 0 Å². The number of rotatable bonds is 11. The molecule has 0 heterocycles. The molecule has 3 fully saturated rings. The van der Waals surface area contributed by atoms with Crippen molar-refractivity contribution in [2.75, 3.05) is 13.2 Å². The maximum absolute atomic E-state index is 14.0. The smallest absolute Gasteiger partial charge is 0.193 e. The molecule has 240 valence electrons. The van der Waals surface area contributed by atoms with Gasteiger partial charge in [-0.2, -0.15) is 0 Å². The molecule has 0 bridgehead atoms. The van der Waals surface area contributed by atoms with Gasteiger partial charge in [-0.15, -0.1) is 6.58 Å². The van der Waals surface area contributed by atoms with E-state index in [1.54, 1.807) is 12.3 Å². The molecule has 0 amide bonds. The minimum absolute atomic E-state index is 0.0282. The normalized spacial score (nSPS) is 28.6. The highest BCUT2D eigenvalue weighted by Crippen LogP contribution is 2.41. The van der Waals surface area contributed by atoms with Crippen molar-refractivity contribution in [3.05, 3.63) is 49.0 Å². The van der Waals surface area contributed by atoms with E-state index < -0.39 is 5.83 Å². The molecule has 0 spiro atoms. The van der Waals surface area contributed by atoms with Gasteiger partial charge in [0.1, 0.15) is 6.33 Å². The molecule has 41 heavy (non-hydrogen) atoms. The molecule has 0 aromatic carbocycles. The van der Waals surface area contributed by atoms with Crippen LogP contribution in [0.5, 0.6) is 0 Å². The van der Waals surface area contributed by atoms with Crippen LogP contribution >= 0.6 is 0 Å². The van der Waals surface area contributed by atoms with Gasteiger partial charge in [0.05, 0.1) is 19.5 Å². The molecular weight excluding hydrogens is 514 g/mol. The summed E-state index contributed by atoms with van der Waals surface area (Å²) in [5.41, 5.74) is 0. The van der Waals surface area contributed by atoms with Crippen LogP contribution in [0.25, 0.3) is 0 Å². The predicted octanol–water partition coefficient (Wildman–Crippen LogP) is 12.7. The standard InChI is InChI=1S/C29H44F2O2.C4H10.2C2H6/c1-3-23-8-10-24(11-9-23)20-32-18-4-5-29(28(31)19-30)33-21-25-12-16-27(17-13-25)26-14-6-22(2)7-15-26;1-3-4-2;2*1-2/h3-5,18-19,22-27H,1,6-17,20-21H2,2H3;3-4H2,1-2H3;2*1-2H3/b18-4+,28-19-,29-5+;;;. The van der Waals surface area contributed by atoms with Crippen LogP contribution in [0.2, 0.25) is 0 Å². The molecule has 3 aliphatic carbocycles. The van der Waals surface area contributed by atoms with Crippen molar-refractivity contribution in [1.82, 2.24) is 0 Å². The Bertz CT molecular complexity index is 688. The topological polar surface area (TPSA) is 18.5 Å². The zero-order valence-corrected chi connectivity index (χ0v) is 27.9. The lowest BCUT2D eigenvalue weighted by Gasteiger charge is -2.37. The Labute approximate surface area is 254 Å². The number of hydrogen-bond donors (Lipinski definition) is 0. The van der Waals surface area contributed by atoms with Gasteiger partial charge in [-0.05, 0) is 112 Å². The molecule has 0 radical (unpaired) electrons. The lowest BCUT2D eigenvalue weighted by molar-refractivity contribution is 0.0998. The molecule has 0 saturated heterocycles. The zero-order chi connectivity index (χ0) is 30.9. The van der Waals surface area contributed by atoms with Crippen molar-refractivity contribution in [1.29, 1.82) is 0 Å². The van der Waals surface area contributed by atoms with Crippen LogP contribution in [0, 0.1) is 35.5 Å². The van der Waals surface area contributed by atoms with Crippen LogP contribution in [0.15, 0.2) is 49.0 Å². The Morgan fingerprint density at radius 3 is 1.73 bits per heavy atom. The van der Waals surface area contributed by atoms with Crippen LogP contribution in [0.4, 0.5) is 8.78 Å². The van der Waals surface area contributed by atoms with Crippen LogP contribution in [-0.2, 0) is 9.47 Å². The van der Waals surface area contributed by atoms with Gasteiger partial charge in [-0.25, -0.2) is 8.78 Å². The van der Waals surface area contributed by atoms with Crippen molar-refractivity contribution in [2.45, 2.75) is 138 Å². The minimum atomic E-state index is -0.965. The van der Waals surface area contributed by atoms with Crippen LogP contribution in [0.1, 0.15) is 138 Å². The second-order valence-corrected chi connectivity index (χ2v) is 11.8. The van der Waals surface area contributed by atoms with Crippen LogP contribution < -0.4 is 0 Å². The fourth-order valence-electron chi connectivity index (χ4n) is 6.01. The summed E-state index contributed by atoms with van der Waals surface area (Å²) in [5, 5.41) is 0. The summed E-state index contributed by atoms with van der Waals surface area (Å²) in [6.07, 6.45) is 24.2. The molecule has 3 rings (SSSR count). The van der Waals surface area contributed by atoms with E-state index in [0.29, 0.717) is 31.0 Å². The van der Waals surface area contributed by atoms with Gasteiger partial charge in [0, 0.05) is 0 Å². The first kappa shape index (κ1) is 39.4. The highest BCUT2D eigenvalue weighted by atomic mass is 19.2. The van der Waals surface area contributed by atoms with Gasteiger partial charge in [-0.3, -0.25) is 0 Å². The summed E-state index contributed by atoms with van der Waals surface area (Å²) < 4.78 is 38.2. The molecule has 0 N–H and O–H groups in total. The summed E-state index contributed by atoms with van der Waals surface area (Å²) in [4.78, 5) is 0. The molecule has 0 aromatic rings. The van der Waals surface area contributed by atoms with Gasteiger partial charge >= 0.3 is 0 Å². The summed E-state index contributed by atoms with van der Waals surface area (Å²) in [7, 11) is 0. The first-order valence-corrected chi connectivity index (χ1v) is 17.2. The molecular formula is C37H66F2O2. The lowest BCUT2D eigenvalue weighted by atomic mass is 9.69. The molecule has 0 atom stereocenters. The van der Waals surface area contributed by atoms with E-state index in [9.17, 15) is 8.78 Å². The summed E-state index contributed by atoms with van der Waals surface area (Å²) in [6.45, 7) is 19.7. The van der Waals surface area contributed by atoms with Crippen molar-refractivity contribution in [2.24, 2.45) is 35.5 Å². The van der Waals surface area contributed by atoms with Gasteiger partial charge in [0.25, 0.3) is 0 Å². The molecule has 4 heteroatoms. The van der Waals surface area contributed by atoms with Gasteiger partial charge in [0.2, 0.25) is 0 Å². The Morgan fingerprint density at radius 1 is 0.756 bits per heavy atom. The summed E-state index contributed by atoms with van der Waals surface area (Å²) in [6, 6.07) is 0. The number of hydrogen-bond acceptors (Lipinski definition) is 2. The summed E-state index contributed by atoms with van der Waals surface area (Å²) in [5.74, 6) is 3.24. The second-order valence-electron chi connectivity index (χ2n) is 11.8. The van der Waals surface area contributed by atoms with Gasteiger partial charge in [-0.1, -0.05) is 80.2 Å². The Kier molecular flexibility index (Phi) is 25.1. The Morgan fingerprint density at radius 2 is 1.24 bits per heavy atom. The van der Waals surface area contributed by atoms with E-state index in [1.165, 1.54) is 70.3 Å². The number of halogens is 2. The highest BCUT2D eigenvalue weighted by Gasteiger charge is 2.30. The quantitative estimate of drug-likeness (QED) is 0.137. The van der Waals surface area contributed by atoms with E-state index in [4.69, 9.17) is 9.47 Å². The molecule has 0 aliphatic heterocycles. The molecule has 0 aromatic heterocycles. The first-order chi connectivity index (χ1) is 20.0. The predicted molar refractivity (Wildman–Crippen MR) is 175 cm³/mol. The molecule has 3 saturated carbocycles. The maximum atomic E-state index is 14.0. The van der Waals surface area contributed by atoms with E-state index in [0.717, 1.165) is 43.4 Å². The fourth-order valence-corrected chi connectivity index (χ4v) is 6.01. The van der Waals surface area contributed by atoms with Crippen molar-refractivity contribution >= 4 is 0 Å². The minimum Gasteiger partial charge on any atom is -0.501 e. The molecule has 2 nitrogen and oxygen atoms in total. The number of ether oxygens (including phenoxy) is 2. The van der Waals surface area contributed by atoms with Gasteiger partial charge in [0.15, 0.2) is 11.6 Å². The molecule has 0 unspecified atom stereocenters. The Balaban J connectivity index is 0.00000180. The SMILES string of the molecule is C=CC1CCC(CO/C=C/C=C(OCC2CCC(C3CCC(C)CC3)CC2)\C(F)=C\F)CC1.CC.CC.CCCC.